The molecule has 1 aliphatic carbocycles. The highest BCUT2D eigenvalue weighted by Gasteiger charge is 2.33. The first-order valence-corrected chi connectivity index (χ1v) is 12.0. The van der Waals surface area contributed by atoms with Gasteiger partial charge >= 0.3 is 0 Å². The van der Waals surface area contributed by atoms with Crippen LogP contribution >= 0.6 is 11.6 Å². The van der Waals surface area contributed by atoms with Crippen molar-refractivity contribution in [2.45, 2.75) is 37.1 Å². The number of rotatable bonds is 6. The first kappa shape index (κ1) is 21.7. The summed E-state index contributed by atoms with van der Waals surface area (Å²) in [5.74, 6) is 0.490. The number of carbonyl (C=O) groups excluding carboxylic acids is 1. The lowest BCUT2D eigenvalue weighted by Gasteiger charge is -2.29. The number of nitrogens with one attached hydrogen (secondary N) is 1. The minimum absolute atomic E-state index is 0.0286. The Morgan fingerprint density at radius 3 is 2.79 bits per heavy atom. The second-order valence-corrected chi connectivity index (χ2v) is 9.96. The van der Waals surface area contributed by atoms with Gasteiger partial charge in [0.2, 0.25) is 5.89 Å². The summed E-state index contributed by atoms with van der Waals surface area (Å²) in [5, 5.41) is 3.82. The van der Waals surface area contributed by atoms with Crippen molar-refractivity contribution in [1.82, 2.24) is 10.1 Å². The number of carbonyl (C=O) groups is 1. The maximum Gasteiger partial charge on any atom is 0.265 e. The molecule has 1 amide bonds. The summed E-state index contributed by atoms with van der Waals surface area (Å²) in [6.07, 6.45) is 2.00. The van der Waals surface area contributed by atoms with Gasteiger partial charge in [-0.1, -0.05) is 16.8 Å². The third kappa shape index (κ3) is 4.25. The van der Waals surface area contributed by atoms with E-state index in [-0.39, 0.29) is 46.3 Å². The summed E-state index contributed by atoms with van der Waals surface area (Å²) in [5.41, 5.74) is 0.920. The van der Waals surface area contributed by atoms with Crippen LogP contribution in [0.3, 0.4) is 0 Å². The van der Waals surface area contributed by atoms with Crippen molar-refractivity contribution >= 4 is 38.9 Å². The number of ether oxygens (including phenoxy) is 1. The van der Waals surface area contributed by atoms with Crippen molar-refractivity contribution in [2.75, 3.05) is 16.2 Å². The Kier molecular flexibility index (Phi) is 5.25. The molecule has 2 aliphatic rings. The van der Waals surface area contributed by atoms with Crippen LogP contribution in [-0.4, -0.2) is 31.1 Å². The fourth-order valence-electron chi connectivity index (χ4n) is 3.49. The predicted molar refractivity (Wildman–Crippen MR) is 116 cm³/mol. The van der Waals surface area contributed by atoms with Gasteiger partial charge in [0.05, 0.1) is 22.9 Å². The van der Waals surface area contributed by atoms with Gasteiger partial charge < -0.3 is 9.26 Å². The first-order chi connectivity index (χ1) is 15.7. The molecule has 3 aromatic rings. The number of benzene rings is 2. The molecule has 2 aromatic carbocycles. The minimum atomic E-state index is -4.13. The number of aromatic nitrogens is 2. The Balaban J connectivity index is 1.45. The van der Waals surface area contributed by atoms with E-state index in [0.29, 0.717) is 23.0 Å². The summed E-state index contributed by atoms with van der Waals surface area (Å²) in [4.78, 5) is 18.0. The zero-order chi connectivity index (χ0) is 23.3. The van der Waals surface area contributed by atoms with E-state index in [0.717, 1.165) is 18.9 Å². The highest BCUT2D eigenvalue weighted by molar-refractivity contribution is 7.92. The first-order valence-electron chi connectivity index (χ1n) is 10.1. The van der Waals surface area contributed by atoms with E-state index < -0.39 is 15.8 Å². The fraction of sp³-hybridized carbons (Fsp3) is 0.286. The van der Waals surface area contributed by atoms with Crippen LogP contribution < -0.4 is 14.4 Å². The quantitative estimate of drug-likeness (QED) is 0.557. The van der Waals surface area contributed by atoms with Crippen molar-refractivity contribution in [3.63, 3.8) is 0 Å². The predicted octanol–water partition coefficient (Wildman–Crippen LogP) is 3.77. The Labute approximate surface area is 193 Å². The highest BCUT2D eigenvalue weighted by Crippen LogP contribution is 2.41. The summed E-state index contributed by atoms with van der Waals surface area (Å²) >= 11 is 6.32. The van der Waals surface area contributed by atoms with E-state index in [9.17, 15) is 17.6 Å². The third-order valence-electron chi connectivity index (χ3n) is 5.39. The standard InChI is InChI=1S/C21H18ClFN4O5S/c1-11-6-13(23)4-5-15(11)26-33(29,30)18-8-17-16(7-14(18)22)27(20(28)10-31-17)9-19-24-21(32-25-19)12-2-3-12/h4-8,12,26H,2-3,9-10H2,1H3. The van der Waals surface area contributed by atoms with Crippen LogP contribution in [0.4, 0.5) is 15.8 Å². The molecule has 1 aromatic heterocycles. The largest absolute Gasteiger partial charge is 0.482 e. The van der Waals surface area contributed by atoms with Crippen LogP contribution in [0.1, 0.15) is 36.0 Å². The molecule has 0 saturated heterocycles. The molecular weight excluding hydrogens is 475 g/mol. The van der Waals surface area contributed by atoms with Gasteiger partial charge in [-0.3, -0.25) is 14.4 Å². The maximum atomic E-state index is 13.4. The number of halogens is 2. The molecule has 0 atom stereocenters. The monoisotopic (exact) mass is 492 g/mol. The SMILES string of the molecule is Cc1cc(F)ccc1NS(=O)(=O)c1cc2c(cc1Cl)N(Cc1noc(C3CC3)n1)C(=O)CO2. The molecule has 5 rings (SSSR count). The van der Waals surface area contributed by atoms with Gasteiger partial charge in [0.15, 0.2) is 12.4 Å². The lowest BCUT2D eigenvalue weighted by molar-refractivity contribution is -0.121. The van der Waals surface area contributed by atoms with E-state index in [1.54, 1.807) is 6.92 Å². The summed E-state index contributed by atoms with van der Waals surface area (Å²) in [7, 11) is -4.13. The molecule has 2 heterocycles. The van der Waals surface area contributed by atoms with Crippen LogP contribution in [0.15, 0.2) is 39.8 Å². The minimum Gasteiger partial charge on any atom is -0.482 e. The average Bonchev–Trinajstić information content (AvgIpc) is 3.50. The molecule has 1 N–H and O–H groups in total. The van der Waals surface area contributed by atoms with Crippen LogP contribution in [0, 0.1) is 12.7 Å². The van der Waals surface area contributed by atoms with Gasteiger partial charge in [-0.25, -0.2) is 12.8 Å². The van der Waals surface area contributed by atoms with Crippen molar-refractivity contribution in [1.29, 1.82) is 0 Å². The van der Waals surface area contributed by atoms with Gasteiger partial charge in [0.25, 0.3) is 15.9 Å². The molecule has 0 unspecified atom stereocenters. The lowest BCUT2D eigenvalue weighted by Crippen LogP contribution is -2.38. The Bertz CT molecular complexity index is 1370. The van der Waals surface area contributed by atoms with E-state index in [2.05, 4.69) is 14.9 Å². The number of sulfonamides is 1. The van der Waals surface area contributed by atoms with Crippen LogP contribution in [0.25, 0.3) is 0 Å². The summed E-state index contributed by atoms with van der Waals surface area (Å²) in [6, 6.07) is 6.29. The molecule has 12 heteroatoms. The smallest absolute Gasteiger partial charge is 0.265 e. The average molecular weight is 493 g/mol. The van der Waals surface area contributed by atoms with Gasteiger partial charge in [-0.2, -0.15) is 4.98 Å². The molecule has 1 fully saturated rings. The zero-order valence-corrected chi connectivity index (χ0v) is 18.9. The zero-order valence-electron chi connectivity index (χ0n) is 17.3. The van der Waals surface area contributed by atoms with Gasteiger partial charge in [0, 0.05) is 12.0 Å². The number of nitrogens with zero attached hydrogens (tertiary/aromatic N) is 3. The molecule has 33 heavy (non-hydrogen) atoms. The number of anilines is 2. The molecule has 0 radical (unpaired) electrons. The third-order valence-corrected chi connectivity index (χ3v) is 7.22. The Morgan fingerprint density at radius 2 is 2.06 bits per heavy atom. The van der Waals surface area contributed by atoms with E-state index in [4.69, 9.17) is 20.9 Å². The summed E-state index contributed by atoms with van der Waals surface area (Å²) in [6.45, 7) is 1.32. The Morgan fingerprint density at radius 1 is 1.27 bits per heavy atom. The van der Waals surface area contributed by atoms with Crippen LogP contribution in [-0.2, 0) is 21.4 Å². The molecule has 1 saturated carbocycles. The second kappa shape index (κ2) is 7.99. The number of hydrogen-bond acceptors (Lipinski definition) is 7. The lowest BCUT2D eigenvalue weighted by atomic mass is 10.2. The Hall–Kier alpha value is -3.18. The molecule has 0 bridgehead atoms. The number of aryl methyl sites for hydroxylation is 1. The molecule has 9 nitrogen and oxygen atoms in total. The van der Waals surface area contributed by atoms with Crippen molar-refractivity contribution < 1.29 is 26.9 Å². The van der Waals surface area contributed by atoms with Gasteiger partial charge in [-0.05, 0) is 49.6 Å². The second-order valence-electron chi connectivity index (χ2n) is 7.91. The summed E-state index contributed by atoms with van der Waals surface area (Å²) < 4.78 is 52.5. The molecule has 0 spiro atoms. The molecule has 172 valence electrons. The van der Waals surface area contributed by atoms with E-state index in [1.807, 2.05) is 0 Å². The topological polar surface area (TPSA) is 115 Å². The van der Waals surface area contributed by atoms with Gasteiger partial charge in [-0.15, -0.1) is 0 Å². The number of amides is 1. The van der Waals surface area contributed by atoms with Crippen LogP contribution in [0.5, 0.6) is 5.75 Å². The van der Waals surface area contributed by atoms with E-state index >= 15 is 0 Å². The van der Waals surface area contributed by atoms with Crippen molar-refractivity contribution in [2.24, 2.45) is 0 Å². The number of fused-ring (bicyclic) bond motifs is 1. The molecular formula is C21H18ClFN4O5S. The van der Waals surface area contributed by atoms with Gasteiger partial charge in [0.1, 0.15) is 16.5 Å². The molecule has 1 aliphatic heterocycles. The normalized spacial score (nSPS) is 15.8. The van der Waals surface area contributed by atoms with Crippen molar-refractivity contribution in [3.8, 4) is 5.75 Å². The maximum absolute atomic E-state index is 13.4. The van der Waals surface area contributed by atoms with Crippen LogP contribution in [0.2, 0.25) is 5.02 Å². The number of hydrogen-bond donors (Lipinski definition) is 1. The highest BCUT2D eigenvalue weighted by atomic mass is 35.5. The van der Waals surface area contributed by atoms with Crippen molar-refractivity contribution in [3.05, 3.63) is 58.5 Å². The van der Waals surface area contributed by atoms with E-state index in [1.165, 1.54) is 29.2 Å². The fourth-order valence-corrected chi connectivity index (χ4v) is 5.16.